The molecule has 0 saturated carbocycles. The van der Waals surface area contributed by atoms with Crippen LogP contribution in [-0.2, 0) is 21.2 Å². The van der Waals surface area contributed by atoms with Crippen molar-refractivity contribution in [1.29, 1.82) is 5.26 Å². The Morgan fingerprint density at radius 1 is 1.12 bits per heavy atom. The normalized spacial score (nSPS) is 11.1. The number of likely N-dealkylation sites (N-methyl/N-ethyl adjacent to an activating group) is 1. The largest absolute Gasteiger partial charge is 0.355 e. The lowest BCUT2D eigenvalue weighted by atomic mass is 10.1. The molecule has 2 aromatic carbocycles. The van der Waals surface area contributed by atoms with E-state index in [1.807, 2.05) is 36.4 Å². The second-order valence-electron chi connectivity index (χ2n) is 5.48. The molecule has 0 aromatic heterocycles. The molecule has 0 aliphatic carbocycles. The van der Waals surface area contributed by atoms with Crippen molar-refractivity contribution in [3.05, 3.63) is 65.7 Å². The Kier molecular flexibility index (Phi) is 6.28. The van der Waals surface area contributed by atoms with Gasteiger partial charge in [-0.1, -0.05) is 30.3 Å². The van der Waals surface area contributed by atoms with Crippen LogP contribution < -0.4 is 5.32 Å². The second-order valence-corrected chi connectivity index (χ2v) is 7.53. The zero-order chi connectivity index (χ0) is 18.3. The zero-order valence-electron chi connectivity index (χ0n) is 13.8. The van der Waals surface area contributed by atoms with Gasteiger partial charge in [-0.25, -0.2) is 8.42 Å². The Balaban J connectivity index is 1.89. The van der Waals surface area contributed by atoms with Gasteiger partial charge in [0, 0.05) is 13.6 Å². The van der Waals surface area contributed by atoms with Crippen LogP contribution in [0.5, 0.6) is 0 Å². The smallest absolute Gasteiger partial charge is 0.243 e. The van der Waals surface area contributed by atoms with Crippen molar-refractivity contribution in [2.45, 2.75) is 11.3 Å². The molecule has 0 atom stereocenters. The molecule has 6 nitrogen and oxygen atoms in total. The molecule has 0 spiro atoms. The molecule has 2 rings (SSSR count). The summed E-state index contributed by atoms with van der Waals surface area (Å²) >= 11 is 0. The predicted octanol–water partition coefficient (Wildman–Crippen LogP) is 1.54. The number of nitriles is 1. The number of nitrogens with zero attached hydrogens (tertiary/aromatic N) is 2. The summed E-state index contributed by atoms with van der Waals surface area (Å²) in [5.74, 6) is -0.365. The van der Waals surface area contributed by atoms with Crippen LogP contribution in [0.15, 0.2) is 59.5 Å². The van der Waals surface area contributed by atoms with E-state index in [1.54, 1.807) is 0 Å². The highest BCUT2D eigenvalue weighted by atomic mass is 32.2. The van der Waals surface area contributed by atoms with E-state index in [4.69, 9.17) is 5.26 Å². The molecule has 1 amide bonds. The van der Waals surface area contributed by atoms with Gasteiger partial charge in [0.25, 0.3) is 0 Å². The number of carbonyl (C=O) groups excluding carboxylic acids is 1. The number of hydrogen-bond donors (Lipinski definition) is 1. The summed E-state index contributed by atoms with van der Waals surface area (Å²) in [5, 5.41) is 11.5. The number of amides is 1. The van der Waals surface area contributed by atoms with E-state index in [9.17, 15) is 13.2 Å². The van der Waals surface area contributed by atoms with Gasteiger partial charge >= 0.3 is 0 Å². The average Bonchev–Trinajstić information content (AvgIpc) is 2.62. The summed E-state index contributed by atoms with van der Waals surface area (Å²) < 4.78 is 25.8. The molecule has 7 heteroatoms. The maximum atomic E-state index is 12.4. The Bertz CT molecular complexity index is 857. The molecule has 0 aliphatic heterocycles. The summed E-state index contributed by atoms with van der Waals surface area (Å²) in [5.41, 5.74) is 1.47. The van der Waals surface area contributed by atoms with Gasteiger partial charge in [-0.3, -0.25) is 4.79 Å². The van der Waals surface area contributed by atoms with Crippen LogP contribution in [0.4, 0.5) is 0 Å². The lowest BCUT2D eigenvalue weighted by Crippen LogP contribution is -2.39. The van der Waals surface area contributed by atoms with E-state index in [-0.39, 0.29) is 17.3 Å². The Morgan fingerprint density at radius 3 is 2.36 bits per heavy atom. The summed E-state index contributed by atoms with van der Waals surface area (Å²) in [4.78, 5) is 12.0. The summed E-state index contributed by atoms with van der Waals surface area (Å²) in [6.07, 6.45) is 0.679. The third-order valence-electron chi connectivity index (χ3n) is 3.64. The maximum Gasteiger partial charge on any atom is 0.243 e. The van der Waals surface area contributed by atoms with Crippen LogP contribution in [0.1, 0.15) is 11.1 Å². The van der Waals surface area contributed by atoms with Gasteiger partial charge in [0.05, 0.1) is 23.1 Å². The number of hydrogen-bond acceptors (Lipinski definition) is 4. The van der Waals surface area contributed by atoms with Crippen molar-refractivity contribution in [2.24, 2.45) is 0 Å². The maximum absolute atomic E-state index is 12.4. The highest BCUT2D eigenvalue weighted by Gasteiger charge is 2.22. The molecule has 0 bridgehead atoms. The number of rotatable bonds is 7. The molecular formula is C18H19N3O3S. The fourth-order valence-corrected chi connectivity index (χ4v) is 3.34. The molecule has 130 valence electrons. The van der Waals surface area contributed by atoms with Gasteiger partial charge < -0.3 is 5.32 Å². The molecule has 2 aromatic rings. The third kappa shape index (κ3) is 5.14. The first-order chi connectivity index (χ1) is 11.9. The van der Waals surface area contributed by atoms with Crippen molar-refractivity contribution < 1.29 is 13.2 Å². The van der Waals surface area contributed by atoms with Crippen LogP contribution >= 0.6 is 0 Å². The fourth-order valence-electron chi connectivity index (χ4n) is 2.22. The first-order valence-corrected chi connectivity index (χ1v) is 9.14. The quantitative estimate of drug-likeness (QED) is 0.814. The third-order valence-corrected chi connectivity index (χ3v) is 5.45. The van der Waals surface area contributed by atoms with Crippen LogP contribution in [0.3, 0.4) is 0 Å². The van der Waals surface area contributed by atoms with Gasteiger partial charge in [0.2, 0.25) is 15.9 Å². The minimum atomic E-state index is -3.77. The summed E-state index contributed by atoms with van der Waals surface area (Å²) in [6.45, 7) is 0.171. The molecule has 25 heavy (non-hydrogen) atoms. The van der Waals surface area contributed by atoms with Gasteiger partial charge in [-0.15, -0.1) is 0 Å². The lowest BCUT2D eigenvalue weighted by molar-refractivity contribution is -0.121. The Labute approximate surface area is 147 Å². The van der Waals surface area contributed by atoms with E-state index in [2.05, 4.69) is 5.32 Å². The van der Waals surface area contributed by atoms with E-state index >= 15 is 0 Å². The monoisotopic (exact) mass is 357 g/mol. The van der Waals surface area contributed by atoms with Crippen molar-refractivity contribution in [1.82, 2.24) is 9.62 Å². The van der Waals surface area contributed by atoms with Crippen LogP contribution in [0.2, 0.25) is 0 Å². The van der Waals surface area contributed by atoms with Crippen LogP contribution in [0.25, 0.3) is 0 Å². The number of benzene rings is 2. The highest BCUT2D eigenvalue weighted by molar-refractivity contribution is 7.89. The van der Waals surface area contributed by atoms with Crippen molar-refractivity contribution in [2.75, 3.05) is 20.1 Å². The summed E-state index contributed by atoms with van der Waals surface area (Å²) in [6, 6.07) is 17.2. The topological polar surface area (TPSA) is 90.3 Å². The highest BCUT2D eigenvalue weighted by Crippen LogP contribution is 2.14. The number of nitrogens with one attached hydrogen (secondary N) is 1. The predicted molar refractivity (Wildman–Crippen MR) is 94.1 cm³/mol. The van der Waals surface area contributed by atoms with Crippen molar-refractivity contribution in [3.8, 4) is 6.07 Å². The SMILES string of the molecule is CN(CC(=O)NCCc1ccccc1)S(=O)(=O)c1ccc(C#N)cc1. The zero-order valence-corrected chi connectivity index (χ0v) is 14.7. The minimum absolute atomic E-state index is 0.0473. The standard InChI is InChI=1S/C18H19N3O3S/c1-21(25(23,24)17-9-7-16(13-19)8-10-17)14-18(22)20-12-11-15-5-3-2-4-6-15/h2-10H,11-12,14H2,1H3,(H,20,22). The molecule has 0 aliphatic rings. The molecular weight excluding hydrogens is 338 g/mol. The summed E-state index contributed by atoms with van der Waals surface area (Å²) in [7, 11) is -2.42. The molecule has 0 unspecified atom stereocenters. The molecule has 1 N–H and O–H groups in total. The van der Waals surface area contributed by atoms with Gasteiger partial charge in [-0.05, 0) is 36.2 Å². The van der Waals surface area contributed by atoms with Gasteiger partial charge in [-0.2, -0.15) is 9.57 Å². The second kappa shape index (κ2) is 8.42. The first kappa shape index (κ1) is 18.6. The van der Waals surface area contributed by atoms with E-state index in [1.165, 1.54) is 31.3 Å². The molecule has 0 radical (unpaired) electrons. The van der Waals surface area contributed by atoms with E-state index < -0.39 is 10.0 Å². The Hall–Kier alpha value is -2.69. The van der Waals surface area contributed by atoms with E-state index in [0.29, 0.717) is 18.5 Å². The van der Waals surface area contributed by atoms with Crippen LogP contribution in [0, 0.1) is 11.3 Å². The van der Waals surface area contributed by atoms with Crippen molar-refractivity contribution in [3.63, 3.8) is 0 Å². The van der Waals surface area contributed by atoms with Crippen molar-refractivity contribution >= 4 is 15.9 Å². The molecule has 0 heterocycles. The number of sulfonamides is 1. The number of carbonyl (C=O) groups is 1. The first-order valence-electron chi connectivity index (χ1n) is 7.70. The minimum Gasteiger partial charge on any atom is -0.355 e. The fraction of sp³-hybridized carbons (Fsp3) is 0.222. The van der Waals surface area contributed by atoms with Crippen LogP contribution in [-0.4, -0.2) is 38.8 Å². The Morgan fingerprint density at radius 2 is 1.76 bits per heavy atom. The molecule has 0 fully saturated rings. The van der Waals surface area contributed by atoms with Gasteiger partial charge in [0.15, 0.2) is 0 Å². The lowest BCUT2D eigenvalue weighted by Gasteiger charge is -2.17. The molecule has 0 saturated heterocycles. The van der Waals surface area contributed by atoms with E-state index in [0.717, 1.165) is 9.87 Å². The average molecular weight is 357 g/mol. The van der Waals surface area contributed by atoms with Gasteiger partial charge in [0.1, 0.15) is 0 Å².